The molecule has 4 aromatic rings. The molecule has 0 aliphatic rings. The number of rotatable bonds is 3. The molecule has 0 bridgehead atoms. The number of nitrogens with zero attached hydrogens (tertiary/aromatic N) is 4. The van der Waals surface area contributed by atoms with Gasteiger partial charge in [-0.3, -0.25) is 9.78 Å². The van der Waals surface area contributed by atoms with Crippen molar-refractivity contribution >= 4 is 22.6 Å². The van der Waals surface area contributed by atoms with E-state index in [1.165, 1.54) is 6.20 Å². The molecule has 4 rings (SSSR count). The first-order valence-electron chi connectivity index (χ1n) is 8.27. The van der Waals surface area contributed by atoms with E-state index in [4.69, 9.17) is 0 Å². The van der Waals surface area contributed by atoms with Crippen LogP contribution in [-0.4, -0.2) is 25.7 Å². The quantitative estimate of drug-likeness (QED) is 0.616. The molecule has 26 heavy (non-hydrogen) atoms. The molecule has 0 unspecified atom stereocenters. The number of aromatic nitrogens is 4. The van der Waals surface area contributed by atoms with Crippen LogP contribution >= 0.6 is 0 Å². The van der Waals surface area contributed by atoms with Crippen molar-refractivity contribution in [3.63, 3.8) is 0 Å². The molecular weight excluding hydrogens is 326 g/mol. The Morgan fingerprint density at radius 2 is 1.81 bits per heavy atom. The van der Waals surface area contributed by atoms with Crippen LogP contribution in [0.5, 0.6) is 0 Å². The van der Waals surface area contributed by atoms with Gasteiger partial charge in [0, 0.05) is 11.4 Å². The van der Waals surface area contributed by atoms with Crippen molar-refractivity contribution in [2.75, 3.05) is 5.32 Å². The van der Waals surface area contributed by atoms with Crippen molar-refractivity contribution in [1.29, 1.82) is 0 Å². The number of hydrogen-bond donors (Lipinski definition) is 1. The van der Waals surface area contributed by atoms with Crippen molar-refractivity contribution in [2.24, 2.45) is 0 Å². The third-order valence-electron chi connectivity index (χ3n) is 4.04. The van der Waals surface area contributed by atoms with Crippen LogP contribution in [0, 0.1) is 13.8 Å². The Kier molecular flexibility index (Phi) is 3.93. The highest BCUT2D eigenvalue weighted by Gasteiger charge is 2.11. The van der Waals surface area contributed by atoms with Gasteiger partial charge >= 0.3 is 0 Å². The Labute approximate surface area is 150 Å². The summed E-state index contributed by atoms with van der Waals surface area (Å²) in [6, 6.07) is 17.0. The molecule has 0 aliphatic carbocycles. The molecule has 0 atom stereocenters. The summed E-state index contributed by atoms with van der Waals surface area (Å²) < 4.78 is 1.85. The number of amides is 1. The van der Waals surface area contributed by atoms with Gasteiger partial charge in [-0.1, -0.05) is 18.2 Å². The molecule has 6 heteroatoms. The lowest BCUT2D eigenvalue weighted by Gasteiger charge is -2.09. The summed E-state index contributed by atoms with van der Waals surface area (Å²) in [5.41, 5.74) is 5.27. The zero-order valence-corrected chi connectivity index (χ0v) is 14.5. The predicted molar refractivity (Wildman–Crippen MR) is 101 cm³/mol. The third kappa shape index (κ3) is 3.04. The van der Waals surface area contributed by atoms with Crippen LogP contribution in [-0.2, 0) is 0 Å². The Morgan fingerprint density at radius 1 is 1.00 bits per heavy atom. The van der Waals surface area contributed by atoms with Crippen molar-refractivity contribution < 1.29 is 4.79 Å². The minimum atomic E-state index is -0.297. The lowest BCUT2D eigenvalue weighted by molar-refractivity contribution is 0.102. The molecule has 6 nitrogen and oxygen atoms in total. The average Bonchev–Trinajstić information content (AvgIpc) is 2.99. The lowest BCUT2D eigenvalue weighted by atomic mass is 10.2. The maximum absolute atomic E-state index is 12.5. The van der Waals surface area contributed by atoms with E-state index in [9.17, 15) is 4.79 Å². The second kappa shape index (κ2) is 6.40. The molecule has 0 spiro atoms. The zero-order chi connectivity index (χ0) is 18.1. The van der Waals surface area contributed by atoms with Crippen LogP contribution in [0.15, 0.2) is 60.8 Å². The minimum Gasteiger partial charge on any atom is -0.321 e. The smallest absolute Gasteiger partial charge is 0.275 e. The number of carbonyl (C=O) groups is 1. The first kappa shape index (κ1) is 16.0. The van der Waals surface area contributed by atoms with E-state index < -0.39 is 0 Å². The van der Waals surface area contributed by atoms with Gasteiger partial charge in [-0.2, -0.15) is 5.10 Å². The van der Waals surface area contributed by atoms with Crippen LogP contribution in [0.25, 0.3) is 16.7 Å². The van der Waals surface area contributed by atoms with Crippen LogP contribution in [0.4, 0.5) is 5.69 Å². The average molecular weight is 343 g/mol. The minimum absolute atomic E-state index is 0.278. The largest absolute Gasteiger partial charge is 0.321 e. The SMILES string of the molecule is Cc1cc(C)n(-c2cccc(NC(=O)c3cnc4ccccc4n3)c2)n1. The van der Waals surface area contributed by atoms with Crippen LogP contribution in [0.2, 0.25) is 0 Å². The molecular formula is C20H17N5O. The Bertz CT molecular complexity index is 1120. The first-order chi connectivity index (χ1) is 12.6. The Hall–Kier alpha value is -3.54. The van der Waals surface area contributed by atoms with Gasteiger partial charge in [0.25, 0.3) is 5.91 Å². The fourth-order valence-electron chi connectivity index (χ4n) is 2.87. The topological polar surface area (TPSA) is 72.7 Å². The number of benzene rings is 2. The molecule has 0 aliphatic heterocycles. The normalized spacial score (nSPS) is 10.8. The second-order valence-corrected chi connectivity index (χ2v) is 6.09. The highest BCUT2D eigenvalue weighted by molar-refractivity contribution is 6.03. The van der Waals surface area contributed by atoms with Gasteiger partial charge in [-0.15, -0.1) is 0 Å². The van der Waals surface area contributed by atoms with Crippen molar-refractivity contribution in [2.45, 2.75) is 13.8 Å². The number of hydrogen-bond acceptors (Lipinski definition) is 4. The molecule has 0 saturated heterocycles. The van der Waals surface area contributed by atoms with Gasteiger partial charge < -0.3 is 5.32 Å². The summed E-state index contributed by atoms with van der Waals surface area (Å²) in [5.74, 6) is -0.297. The zero-order valence-electron chi connectivity index (χ0n) is 14.5. The molecule has 2 aromatic heterocycles. The first-order valence-corrected chi connectivity index (χ1v) is 8.27. The fourth-order valence-corrected chi connectivity index (χ4v) is 2.87. The van der Waals surface area contributed by atoms with E-state index in [1.54, 1.807) is 0 Å². The fraction of sp³-hybridized carbons (Fsp3) is 0.100. The van der Waals surface area contributed by atoms with E-state index >= 15 is 0 Å². The van der Waals surface area contributed by atoms with Crippen LogP contribution < -0.4 is 5.32 Å². The lowest BCUT2D eigenvalue weighted by Crippen LogP contribution is -2.14. The molecule has 1 amide bonds. The van der Waals surface area contributed by atoms with Gasteiger partial charge in [0.1, 0.15) is 5.69 Å². The number of para-hydroxylation sites is 2. The molecule has 0 radical (unpaired) electrons. The van der Waals surface area contributed by atoms with Gasteiger partial charge in [0.05, 0.1) is 28.6 Å². The maximum Gasteiger partial charge on any atom is 0.275 e. The predicted octanol–water partition coefficient (Wildman–Crippen LogP) is 3.68. The molecule has 0 saturated carbocycles. The van der Waals surface area contributed by atoms with Crippen molar-refractivity contribution in [3.05, 3.63) is 77.9 Å². The Morgan fingerprint density at radius 3 is 2.58 bits per heavy atom. The van der Waals surface area contributed by atoms with Crippen molar-refractivity contribution in [1.82, 2.24) is 19.7 Å². The van der Waals surface area contributed by atoms with E-state index in [0.29, 0.717) is 11.2 Å². The summed E-state index contributed by atoms with van der Waals surface area (Å²) in [4.78, 5) is 21.2. The number of carbonyl (C=O) groups excluding carboxylic acids is 1. The van der Waals surface area contributed by atoms with Gasteiger partial charge in [-0.05, 0) is 50.2 Å². The molecule has 128 valence electrons. The summed E-state index contributed by atoms with van der Waals surface area (Å²) in [5, 5.41) is 7.35. The van der Waals surface area contributed by atoms with Crippen LogP contribution in [0.1, 0.15) is 21.9 Å². The Balaban J connectivity index is 1.61. The summed E-state index contributed by atoms with van der Waals surface area (Å²) in [6.45, 7) is 3.95. The van der Waals surface area contributed by atoms with Crippen molar-refractivity contribution in [3.8, 4) is 5.69 Å². The van der Waals surface area contributed by atoms with Crippen LogP contribution in [0.3, 0.4) is 0 Å². The molecule has 0 fully saturated rings. The van der Waals surface area contributed by atoms with E-state index in [2.05, 4.69) is 20.4 Å². The van der Waals surface area contributed by atoms with E-state index in [1.807, 2.05) is 73.1 Å². The van der Waals surface area contributed by atoms with Gasteiger partial charge in [0.2, 0.25) is 0 Å². The van der Waals surface area contributed by atoms with E-state index in [0.717, 1.165) is 22.6 Å². The molecule has 2 aromatic carbocycles. The summed E-state index contributed by atoms with van der Waals surface area (Å²) in [6.07, 6.45) is 1.49. The maximum atomic E-state index is 12.5. The number of aryl methyl sites for hydroxylation is 2. The van der Waals surface area contributed by atoms with Gasteiger partial charge in [0.15, 0.2) is 0 Å². The molecule has 2 heterocycles. The number of fused-ring (bicyclic) bond motifs is 1. The third-order valence-corrected chi connectivity index (χ3v) is 4.04. The highest BCUT2D eigenvalue weighted by atomic mass is 16.1. The summed E-state index contributed by atoms with van der Waals surface area (Å²) in [7, 11) is 0. The van der Waals surface area contributed by atoms with Gasteiger partial charge in [-0.25, -0.2) is 9.67 Å². The second-order valence-electron chi connectivity index (χ2n) is 6.09. The highest BCUT2D eigenvalue weighted by Crippen LogP contribution is 2.17. The number of anilines is 1. The monoisotopic (exact) mass is 343 g/mol. The van der Waals surface area contributed by atoms with E-state index in [-0.39, 0.29) is 11.6 Å². The molecule has 1 N–H and O–H groups in total. The summed E-state index contributed by atoms with van der Waals surface area (Å²) >= 11 is 0. The standard InChI is InChI=1S/C20H17N5O/c1-13-10-14(2)25(24-13)16-7-5-6-15(11-16)22-20(26)19-12-21-17-8-3-4-9-18(17)23-19/h3-12H,1-2H3,(H,22,26). The number of nitrogens with one attached hydrogen (secondary N) is 1.